The van der Waals surface area contributed by atoms with Crippen molar-refractivity contribution in [2.75, 3.05) is 13.1 Å². The molecule has 2 N–H and O–H groups in total. The molecule has 0 saturated carbocycles. The SMILES string of the molecule is NCCN(Cc1ccccc1)Cc1nc(-c2ccc(Br)s2)no1. The Balaban J connectivity index is 1.69. The van der Waals surface area contributed by atoms with Crippen LogP contribution in [0.5, 0.6) is 0 Å². The highest BCUT2D eigenvalue weighted by atomic mass is 79.9. The third kappa shape index (κ3) is 4.48. The van der Waals surface area contributed by atoms with Crippen molar-refractivity contribution in [3.63, 3.8) is 0 Å². The van der Waals surface area contributed by atoms with E-state index < -0.39 is 0 Å². The van der Waals surface area contributed by atoms with Crippen LogP contribution in [0.3, 0.4) is 0 Å². The van der Waals surface area contributed by atoms with Crippen LogP contribution in [-0.2, 0) is 13.1 Å². The van der Waals surface area contributed by atoms with Crippen LogP contribution in [0.2, 0.25) is 0 Å². The average Bonchev–Trinajstić information content (AvgIpc) is 3.17. The molecule has 0 saturated heterocycles. The standard InChI is InChI=1S/C16H17BrN4OS/c17-14-7-6-13(23-14)16-19-15(22-20-16)11-21(9-8-18)10-12-4-2-1-3-5-12/h1-7H,8-11,18H2. The number of halogens is 1. The van der Waals surface area contributed by atoms with Gasteiger partial charge in [0.1, 0.15) is 0 Å². The lowest BCUT2D eigenvalue weighted by Gasteiger charge is -2.19. The molecule has 0 fully saturated rings. The Kier molecular flexibility index (Phi) is 5.56. The summed E-state index contributed by atoms with van der Waals surface area (Å²) in [6.45, 7) is 2.76. The van der Waals surface area contributed by atoms with Gasteiger partial charge >= 0.3 is 0 Å². The number of thiophene rings is 1. The van der Waals surface area contributed by atoms with Crippen molar-refractivity contribution in [3.05, 3.63) is 57.7 Å². The maximum Gasteiger partial charge on any atom is 0.241 e. The molecule has 120 valence electrons. The van der Waals surface area contributed by atoms with Crippen LogP contribution in [0.25, 0.3) is 10.7 Å². The Morgan fingerprint density at radius 1 is 1.13 bits per heavy atom. The lowest BCUT2D eigenvalue weighted by molar-refractivity contribution is 0.224. The molecule has 0 aliphatic rings. The summed E-state index contributed by atoms with van der Waals surface area (Å²) in [5.41, 5.74) is 6.96. The van der Waals surface area contributed by atoms with Gasteiger partial charge in [0.2, 0.25) is 11.7 Å². The van der Waals surface area contributed by atoms with Gasteiger partial charge in [-0.3, -0.25) is 4.90 Å². The first-order valence-electron chi connectivity index (χ1n) is 7.29. The number of nitrogens with two attached hydrogens (primary N) is 1. The minimum atomic E-state index is 0.589. The van der Waals surface area contributed by atoms with Crippen LogP contribution in [0, 0.1) is 0 Å². The second kappa shape index (κ2) is 7.83. The predicted molar refractivity (Wildman–Crippen MR) is 94.9 cm³/mol. The van der Waals surface area contributed by atoms with E-state index in [1.807, 2.05) is 30.3 Å². The van der Waals surface area contributed by atoms with Crippen LogP contribution in [0.4, 0.5) is 0 Å². The second-order valence-electron chi connectivity index (χ2n) is 5.10. The summed E-state index contributed by atoms with van der Waals surface area (Å²) in [5.74, 6) is 1.23. The lowest BCUT2D eigenvalue weighted by Crippen LogP contribution is -2.28. The van der Waals surface area contributed by atoms with E-state index in [2.05, 4.69) is 43.1 Å². The van der Waals surface area contributed by atoms with E-state index in [0.717, 1.165) is 21.8 Å². The van der Waals surface area contributed by atoms with Crippen molar-refractivity contribution in [2.45, 2.75) is 13.1 Å². The van der Waals surface area contributed by atoms with Crippen LogP contribution in [0.15, 0.2) is 50.8 Å². The molecule has 0 aliphatic heterocycles. The largest absolute Gasteiger partial charge is 0.338 e. The molecule has 5 nitrogen and oxygen atoms in total. The van der Waals surface area contributed by atoms with Gasteiger partial charge in [-0.1, -0.05) is 35.5 Å². The molecule has 0 radical (unpaired) electrons. The average molecular weight is 393 g/mol. The first-order chi connectivity index (χ1) is 11.2. The number of rotatable bonds is 7. The Bertz CT molecular complexity index is 743. The predicted octanol–water partition coefficient (Wildman–Crippen LogP) is 3.52. The lowest BCUT2D eigenvalue weighted by atomic mass is 10.2. The van der Waals surface area contributed by atoms with Crippen molar-refractivity contribution >= 4 is 27.3 Å². The molecule has 3 rings (SSSR count). The van der Waals surface area contributed by atoms with E-state index in [1.165, 1.54) is 5.56 Å². The third-order valence-electron chi connectivity index (χ3n) is 3.31. The Morgan fingerprint density at radius 3 is 2.65 bits per heavy atom. The molecule has 0 atom stereocenters. The van der Waals surface area contributed by atoms with Crippen molar-refractivity contribution < 1.29 is 4.52 Å². The normalized spacial score (nSPS) is 11.3. The Hall–Kier alpha value is -1.54. The molecule has 0 amide bonds. The number of hydrogen-bond donors (Lipinski definition) is 1. The van der Waals surface area contributed by atoms with E-state index in [9.17, 15) is 0 Å². The van der Waals surface area contributed by atoms with Crippen LogP contribution in [-0.4, -0.2) is 28.1 Å². The van der Waals surface area contributed by atoms with E-state index in [4.69, 9.17) is 10.3 Å². The van der Waals surface area contributed by atoms with Crippen molar-refractivity contribution in [1.82, 2.24) is 15.0 Å². The van der Waals surface area contributed by atoms with Gasteiger partial charge in [-0.15, -0.1) is 11.3 Å². The molecule has 7 heteroatoms. The second-order valence-corrected chi connectivity index (χ2v) is 7.56. The number of aromatic nitrogens is 2. The maximum absolute atomic E-state index is 5.72. The summed E-state index contributed by atoms with van der Waals surface area (Å²) in [6, 6.07) is 14.3. The number of hydrogen-bond acceptors (Lipinski definition) is 6. The Labute approximate surface area is 147 Å². The molecule has 2 heterocycles. The van der Waals surface area contributed by atoms with Gasteiger partial charge in [0, 0.05) is 19.6 Å². The van der Waals surface area contributed by atoms with Gasteiger partial charge < -0.3 is 10.3 Å². The molecule has 23 heavy (non-hydrogen) atoms. The summed E-state index contributed by atoms with van der Waals surface area (Å²) >= 11 is 5.03. The molecule has 1 aromatic carbocycles. The van der Waals surface area contributed by atoms with Crippen LogP contribution < -0.4 is 5.73 Å². The highest BCUT2D eigenvalue weighted by Crippen LogP contribution is 2.29. The van der Waals surface area contributed by atoms with E-state index in [0.29, 0.717) is 24.8 Å². The molecule has 0 aliphatic carbocycles. The van der Waals surface area contributed by atoms with Gasteiger partial charge in [-0.05, 0) is 33.6 Å². The number of nitrogens with zero attached hydrogens (tertiary/aromatic N) is 3. The minimum absolute atomic E-state index is 0.589. The molecule has 0 spiro atoms. The fourth-order valence-corrected chi connectivity index (χ4v) is 3.59. The fourth-order valence-electron chi connectivity index (χ4n) is 2.28. The van der Waals surface area contributed by atoms with Gasteiger partial charge in [0.25, 0.3) is 0 Å². The van der Waals surface area contributed by atoms with E-state index in [1.54, 1.807) is 11.3 Å². The molecule has 0 bridgehead atoms. The summed E-state index contributed by atoms with van der Waals surface area (Å²) < 4.78 is 6.44. The summed E-state index contributed by atoms with van der Waals surface area (Å²) in [5, 5.41) is 4.07. The van der Waals surface area contributed by atoms with Gasteiger partial charge in [-0.25, -0.2) is 0 Å². The smallest absolute Gasteiger partial charge is 0.241 e. The molecule has 3 aromatic rings. The van der Waals surface area contributed by atoms with E-state index in [-0.39, 0.29) is 0 Å². The topological polar surface area (TPSA) is 68.2 Å². The zero-order valence-electron chi connectivity index (χ0n) is 12.5. The summed E-state index contributed by atoms with van der Waals surface area (Å²) in [4.78, 5) is 7.68. The zero-order chi connectivity index (χ0) is 16.1. The van der Waals surface area contributed by atoms with Crippen molar-refractivity contribution in [2.24, 2.45) is 5.73 Å². The third-order valence-corrected chi connectivity index (χ3v) is 4.93. The first kappa shape index (κ1) is 16.3. The molecule has 0 unspecified atom stereocenters. The monoisotopic (exact) mass is 392 g/mol. The van der Waals surface area contributed by atoms with Crippen molar-refractivity contribution in [1.29, 1.82) is 0 Å². The maximum atomic E-state index is 5.72. The molecular weight excluding hydrogens is 376 g/mol. The quantitative estimate of drug-likeness (QED) is 0.665. The van der Waals surface area contributed by atoms with E-state index >= 15 is 0 Å². The van der Waals surface area contributed by atoms with Gasteiger partial charge in [0.05, 0.1) is 15.2 Å². The summed E-state index contributed by atoms with van der Waals surface area (Å²) in [7, 11) is 0. The first-order valence-corrected chi connectivity index (χ1v) is 8.90. The molecular formula is C16H17BrN4OS. The fraction of sp³-hybridized carbons (Fsp3) is 0.250. The minimum Gasteiger partial charge on any atom is -0.338 e. The van der Waals surface area contributed by atoms with Crippen LogP contribution in [0.1, 0.15) is 11.5 Å². The highest BCUT2D eigenvalue weighted by molar-refractivity contribution is 9.11. The van der Waals surface area contributed by atoms with Gasteiger partial charge in [0.15, 0.2) is 0 Å². The summed E-state index contributed by atoms with van der Waals surface area (Å²) in [6.07, 6.45) is 0. The highest BCUT2D eigenvalue weighted by Gasteiger charge is 2.14. The molecule has 2 aromatic heterocycles. The van der Waals surface area contributed by atoms with Gasteiger partial charge in [-0.2, -0.15) is 4.98 Å². The number of benzene rings is 1. The Morgan fingerprint density at radius 2 is 1.96 bits per heavy atom. The van der Waals surface area contributed by atoms with Crippen molar-refractivity contribution in [3.8, 4) is 10.7 Å². The zero-order valence-corrected chi connectivity index (χ0v) is 14.9. The van der Waals surface area contributed by atoms with Crippen LogP contribution >= 0.6 is 27.3 Å².